The number of carbonyl (C=O) groups excluding carboxylic acids is 2. The number of non-ortho nitro benzene ring substituents is 1. The van der Waals surface area contributed by atoms with Crippen molar-refractivity contribution in [3.8, 4) is 11.1 Å². The summed E-state index contributed by atoms with van der Waals surface area (Å²) in [5.41, 5.74) is 4.65. The first-order chi connectivity index (χ1) is 17.5. The predicted octanol–water partition coefficient (Wildman–Crippen LogP) is 2.53. The molecule has 2 N–H and O–H groups in total. The fourth-order valence-electron chi connectivity index (χ4n) is 5.07. The van der Waals surface area contributed by atoms with Crippen molar-refractivity contribution in [3.05, 3.63) is 94.0 Å². The van der Waals surface area contributed by atoms with Crippen molar-refractivity contribution < 1.29 is 19.6 Å². The molecule has 3 aromatic carbocycles. The zero-order valence-electron chi connectivity index (χ0n) is 19.5. The third-order valence-corrected chi connectivity index (χ3v) is 6.91. The Morgan fingerprint density at radius 1 is 0.917 bits per heavy atom. The lowest BCUT2D eigenvalue weighted by molar-refractivity contribution is -0.384. The molecular formula is C27H26N4O5. The molecule has 36 heavy (non-hydrogen) atoms. The van der Waals surface area contributed by atoms with Crippen molar-refractivity contribution in [2.45, 2.75) is 12.0 Å². The van der Waals surface area contributed by atoms with Gasteiger partial charge in [0.25, 0.3) is 5.69 Å². The van der Waals surface area contributed by atoms with Gasteiger partial charge in [-0.15, -0.1) is 0 Å². The number of nitro benzene ring substituents is 1. The van der Waals surface area contributed by atoms with E-state index >= 15 is 0 Å². The second-order valence-electron chi connectivity index (χ2n) is 8.94. The summed E-state index contributed by atoms with van der Waals surface area (Å²) in [5.74, 6) is -1.18. The van der Waals surface area contributed by atoms with Gasteiger partial charge >= 0.3 is 0 Å². The number of hydrogen-bond acceptors (Lipinski definition) is 6. The summed E-state index contributed by atoms with van der Waals surface area (Å²) < 4.78 is 0. The fourth-order valence-corrected chi connectivity index (χ4v) is 5.07. The highest BCUT2D eigenvalue weighted by molar-refractivity contribution is 5.98. The van der Waals surface area contributed by atoms with Crippen LogP contribution in [0.15, 0.2) is 72.8 Å². The van der Waals surface area contributed by atoms with Crippen LogP contribution in [0.2, 0.25) is 0 Å². The number of amides is 2. The Bertz CT molecular complexity index is 1260. The molecule has 1 aliphatic heterocycles. The molecule has 0 saturated carbocycles. The molecule has 0 bridgehead atoms. The van der Waals surface area contributed by atoms with Gasteiger partial charge in [0.15, 0.2) is 0 Å². The van der Waals surface area contributed by atoms with E-state index in [2.05, 4.69) is 5.32 Å². The van der Waals surface area contributed by atoms with Crippen molar-refractivity contribution >= 4 is 23.2 Å². The number of rotatable bonds is 6. The van der Waals surface area contributed by atoms with Crippen LogP contribution >= 0.6 is 0 Å². The van der Waals surface area contributed by atoms with Gasteiger partial charge in [-0.1, -0.05) is 48.5 Å². The molecule has 1 heterocycles. The Kier molecular flexibility index (Phi) is 6.39. The molecule has 3 aromatic rings. The lowest BCUT2D eigenvalue weighted by Gasteiger charge is -2.37. The molecule has 1 atom stereocenters. The zero-order valence-corrected chi connectivity index (χ0v) is 19.5. The van der Waals surface area contributed by atoms with E-state index in [1.54, 1.807) is 17.0 Å². The number of nitro groups is 1. The molecule has 2 amide bonds. The SMILES string of the molecule is O=C(N[C@@H](CO)C(=O)N1CCN(c2ccc([N+](=O)[O-])cc2)CC1)C1c2ccccc2-c2ccccc21. The average molecular weight is 487 g/mol. The van der Waals surface area contributed by atoms with Crippen LogP contribution < -0.4 is 10.2 Å². The molecule has 1 aliphatic carbocycles. The highest BCUT2D eigenvalue weighted by Crippen LogP contribution is 2.44. The minimum Gasteiger partial charge on any atom is -0.394 e. The molecule has 2 aliphatic rings. The van der Waals surface area contributed by atoms with Gasteiger partial charge in [-0.3, -0.25) is 19.7 Å². The Morgan fingerprint density at radius 3 is 2.00 bits per heavy atom. The van der Waals surface area contributed by atoms with Crippen LogP contribution in [0, 0.1) is 10.1 Å². The van der Waals surface area contributed by atoms with E-state index in [1.165, 1.54) is 12.1 Å². The Labute approximate surface area is 208 Å². The van der Waals surface area contributed by atoms with E-state index < -0.39 is 23.5 Å². The summed E-state index contributed by atoms with van der Waals surface area (Å²) in [6.45, 7) is 1.41. The first-order valence-electron chi connectivity index (χ1n) is 11.9. The van der Waals surface area contributed by atoms with E-state index in [-0.39, 0.29) is 17.5 Å². The lowest BCUT2D eigenvalue weighted by Crippen LogP contribution is -2.56. The van der Waals surface area contributed by atoms with Crippen LogP contribution in [0.25, 0.3) is 11.1 Å². The minimum atomic E-state index is -1.04. The Balaban J connectivity index is 1.24. The number of hydrogen-bond donors (Lipinski definition) is 2. The molecule has 0 aromatic heterocycles. The first-order valence-corrected chi connectivity index (χ1v) is 11.9. The Hall–Kier alpha value is -4.24. The fraction of sp³-hybridized carbons (Fsp3) is 0.259. The number of aliphatic hydroxyl groups is 1. The standard InChI is InChI=1S/C27H26N4O5/c32-17-24(27(34)30-15-13-29(14-16-30)18-9-11-19(12-10-18)31(35)36)28-26(33)25-22-7-3-1-5-20(22)21-6-2-4-8-23(21)25/h1-12,24-25,32H,13-17H2,(H,28,33)/t24-/m0/s1. The van der Waals surface area contributed by atoms with E-state index in [0.717, 1.165) is 27.9 Å². The first kappa shape index (κ1) is 23.5. The van der Waals surface area contributed by atoms with Gasteiger partial charge < -0.3 is 20.2 Å². The predicted molar refractivity (Wildman–Crippen MR) is 135 cm³/mol. The summed E-state index contributed by atoms with van der Waals surface area (Å²) >= 11 is 0. The van der Waals surface area contributed by atoms with E-state index in [9.17, 15) is 24.8 Å². The van der Waals surface area contributed by atoms with Gasteiger partial charge in [0.05, 0.1) is 17.4 Å². The molecule has 0 spiro atoms. The van der Waals surface area contributed by atoms with Crippen molar-refractivity contribution in [2.24, 2.45) is 0 Å². The summed E-state index contributed by atoms with van der Waals surface area (Å²) in [6, 6.07) is 20.8. The monoisotopic (exact) mass is 486 g/mol. The smallest absolute Gasteiger partial charge is 0.269 e. The van der Waals surface area contributed by atoms with E-state index in [1.807, 2.05) is 53.4 Å². The third-order valence-electron chi connectivity index (χ3n) is 6.91. The number of anilines is 1. The van der Waals surface area contributed by atoms with Gasteiger partial charge in [0.2, 0.25) is 11.8 Å². The van der Waals surface area contributed by atoms with Crippen molar-refractivity contribution in [2.75, 3.05) is 37.7 Å². The minimum absolute atomic E-state index is 0.0293. The van der Waals surface area contributed by atoms with Crippen molar-refractivity contribution in [3.63, 3.8) is 0 Å². The number of carbonyl (C=O) groups is 2. The lowest BCUT2D eigenvalue weighted by atomic mass is 9.95. The van der Waals surface area contributed by atoms with Crippen LogP contribution in [-0.2, 0) is 9.59 Å². The molecule has 1 saturated heterocycles. The number of aliphatic hydroxyl groups excluding tert-OH is 1. The maximum atomic E-state index is 13.4. The molecule has 9 heteroatoms. The van der Waals surface area contributed by atoms with Crippen molar-refractivity contribution in [1.29, 1.82) is 0 Å². The van der Waals surface area contributed by atoms with Gasteiger partial charge in [0, 0.05) is 44.0 Å². The van der Waals surface area contributed by atoms with Gasteiger partial charge in [-0.05, 0) is 34.4 Å². The number of benzene rings is 3. The van der Waals surface area contributed by atoms with Gasteiger partial charge in [-0.2, -0.15) is 0 Å². The molecule has 1 fully saturated rings. The van der Waals surface area contributed by atoms with Crippen LogP contribution in [0.5, 0.6) is 0 Å². The second kappa shape index (κ2) is 9.79. The average Bonchev–Trinajstić information content (AvgIpc) is 3.26. The molecule has 9 nitrogen and oxygen atoms in total. The van der Waals surface area contributed by atoms with Gasteiger partial charge in [0.1, 0.15) is 6.04 Å². The topological polar surface area (TPSA) is 116 Å². The molecule has 0 unspecified atom stereocenters. The summed E-state index contributed by atoms with van der Waals surface area (Å²) in [7, 11) is 0. The molecule has 5 rings (SSSR count). The normalized spacial score (nSPS) is 15.7. The highest BCUT2D eigenvalue weighted by atomic mass is 16.6. The van der Waals surface area contributed by atoms with E-state index in [0.29, 0.717) is 26.2 Å². The number of nitrogens with zero attached hydrogens (tertiary/aromatic N) is 3. The summed E-state index contributed by atoms with van der Waals surface area (Å²) in [6.07, 6.45) is 0. The van der Waals surface area contributed by atoms with Crippen LogP contribution in [0.1, 0.15) is 17.0 Å². The van der Waals surface area contributed by atoms with Crippen LogP contribution in [0.3, 0.4) is 0 Å². The maximum Gasteiger partial charge on any atom is 0.269 e. The van der Waals surface area contributed by atoms with Crippen LogP contribution in [0.4, 0.5) is 11.4 Å². The number of fused-ring (bicyclic) bond motifs is 3. The highest BCUT2D eigenvalue weighted by Gasteiger charge is 2.36. The maximum absolute atomic E-state index is 13.4. The molecule has 0 radical (unpaired) electrons. The zero-order chi connectivity index (χ0) is 25.2. The molecular weight excluding hydrogens is 460 g/mol. The quantitative estimate of drug-likeness (QED) is 0.409. The van der Waals surface area contributed by atoms with Crippen LogP contribution in [-0.4, -0.2) is 65.6 Å². The van der Waals surface area contributed by atoms with Crippen molar-refractivity contribution in [1.82, 2.24) is 10.2 Å². The number of piperazine rings is 1. The summed E-state index contributed by atoms with van der Waals surface area (Å²) in [5, 5.41) is 23.7. The second-order valence-corrected chi connectivity index (χ2v) is 8.94. The van der Waals surface area contributed by atoms with Gasteiger partial charge in [-0.25, -0.2) is 0 Å². The van der Waals surface area contributed by atoms with E-state index in [4.69, 9.17) is 0 Å². The summed E-state index contributed by atoms with van der Waals surface area (Å²) in [4.78, 5) is 40.7. The molecule has 184 valence electrons. The Morgan fingerprint density at radius 2 is 1.47 bits per heavy atom. The third kappa shape index (κ3) is 4.29. The largest absolute Gasteiger partial charge is 0.394 e. The number of nitrogens with one attached hydrogen (secondary N) is 1.